The predicted octanol–water partition coefficient (Wildman–Crippen LogP) is 2.09. The van der Waals surface area contributed by atoms with Crippen LogP contribution in [-0.4, -0.2) is 9.97 Å². The van der Waals surface area contributed by atoms with Crippen LogP contribution in [0.15, 0.2) is 55.1 Å². The average Bonchev–Trinajstić information content (AvgIpc) is 2.64. The van der Waals surface area contributed by atoms with Crippen LogP contribution in [0.5, 0.6) is 0 Å². The molecule has 2 aromatic heterocycles. The van der Waals surface area contributed by atoms with Gasteiger partial charge in [-0.05, 0) is 24.3 Å². The molecular formula is C9H10N2Ru. The van der Waals surface area contributed by atoms with Gasteiger partial charge in [0.2, 0.25) is 0 Å². The first-order valence-corrected chi connectivity index (χ1v) is 3.43. The van der Waals surface area contributed by atoms with Gasteiger partial charge in [-0.25, -0.2) is 0 Å². The van der Waals surface area contributed by atoms with Crippen molar-refractivity contribution in [3.8, 4) is 0 Å². The third-order valence-corrected chi connectivity index (χ3v) is 1.06. The summed E-state index contributed by atoms with van der Waals surface area (Å²) in [5.41, 5.74) is 0. The Bertz CT molecular complexity index is 198. The molecule has 0 atom stereocenters. The van der Waals surface area contributed by atoms with Crippen molar-refractivity contribution in [3.05, 3.63) is 55.1 Å². The monoisotopic (exact) mass is 248 g/mol. The Balaban J connectivity index is 0.000000189. The van der Waals surface area contributed by atoms with E-state index in [1.54, 1.807) is 12.4 Å². The number of H-pyrrole nitrogens is 1. The molecule has 0 saturated carbocycles. The van der Waals surface area contributed by atoms with Crippen LogP contribution in [0.2, 0.25) is 0 Å². The van der Waals surface area contributed by atoms with Crippen LogP contribution in [0.25, 0.3) is 0 Å². The molecule has 0 bridgehead atoms. The fourth-order valence-electron chi connectivity index (χ4n) is 0.590. The molecule has 0 aliphatic carbocycles. The molecule has 2 aromatic rings. The topological polar surface area (TPSA) is 28.7 Å². The molecule has 1 N–H and O–H groups in total. The number of nitrogens with zero attached hydrogens (tertiary/aromatic N) is 1. The van der Waals surface area contributed by atoms with Gasteiger partial charge in [-0.15, -0.1) is 0 Å². The normalized spacial score (nSPS) is 7.33. The average molecular weight is 247 g/mol. The maximum atomic E-state index is 3.78. The van der Waals surface area contributed by atoms with Crippen molar-refractivity contribution in [2.45, 2.75) is 0 Å². The molecule has 64 valence electrons. The van der Waals surface area contributed by atoms with Gasteiger partial charge in [0, 0.05) is 44.3 Å². The Morgan fingerprint density at radius 1 is 0.750 bits per heavy atom. The van der Waals surface area contributed by atoms with Gasteiger partial charge in [0.1, 0.15) is 0 Å². The zero-order valence-corrected chi connectivity index (χ0v) is 8.24. The van der Waals surface area contributed by atoms with E-state index in [2.05, 4.69) is 9.97 Å². The standard InChI is InChI=1S/C5H5N.C4H5N.Ru/c1-2-4-6-5-3-1;1-2-4-5-3-1;/h1-5H;1-5H;. The van der Waals surface area contributed by atoms with Gasteiger partial charge in [0.15, 0.2) is 0 Å². The number of nitrogens with one attached hydrogen (secondary N) is 1. The summed E-state index contributed by atoms with van der Waals surface area (Å²) in [4.78, 5) is 6.65. The van der Waals surface area contributed by atoms with E-state index in [0.717, 1.165) is 0 Å². The van der Waals surface area contributed by atoms with E-state index in [1.807, 2.05) is 42.7 Å². The number of pyridine rings is 1. The molecule has 0 aliphatic rings. The molecule has 3 heteroatoms. The van der Waals surface area contributed by atoms with Crippen LogP contribution in [0, 0.1) is 0 Å². The van der Waals surface area contributed by atoms with Crippen LogP contribution < -0.4 is 0 Å². The van der Waals surface area contributed by atoms with Crippen LogP contribution >= 0.6 is 0 Å². The van der Waals surface area contributed by atoms with E-state index < -0.39 is 0 Å². The van der Waals surface area contributed by atoms with Crippen molar-refractivity contribution in [1.82, 2.24) is 9.97 Å². The molecule has 2 nitrogen and oxygen atoms in total. The van der Waals surface area contributed by atoms with Gasteiger partial charge in [-0.1, -0.05) is 6.07 Å². The first-order chi connectivity index (χ1) is 5.50. The molecule has 0 fully saturated rings. The molecule has 0 unspecified atom stereocenters. The Morgan fingerprint density at radius 3 is 1.50 bits per heavy atom. The quantitative estimate of drug-likeness (QED) is 0.709. The van der Waals surface area contributed by atoms with Gasteiger partial charge in [-0.2, -0.15) is 0 Å². The van der Waals surface area contributed by atoms with Crippen LogP contribution in [-0.2, 0) is 19.5 Å². The predicted molar refractivity (Wildman–Crippen MR) is 45.0 cm³/mol. The van der Waals surface area contributed by atoms with Gasteiger partial charge in [0.05, 0.1) is 0 Å². The Hall–Kier alpha value is -0.947. The minimum absolute atomic E-state index is 0. The molecular weight excluding hydrogens is 237 g/mol. The van der Waals surface area contributed by atoms with Crippen molar-refractivity contribution >= 4 is 0 Å². The Kier molecular flexibility index (Phi) is 7.51. The fraction of sp³-hybridized carbons (Fsp3) is 0. The molecule has 0 amide bonds. The van der Waals surface area contributed by atoms with E-state index in [1.165, 1.54) is 0 Å². The number of aromatic nitrogens is 2. The zero-order chi connectivity index (χ0) is 7.78. The Morgan fingerprint density at radius 2 is 1.33 bits per heavy atom. The van der Waals surface area contributed by atoms with Crippen LogP contribution in [0.4, 0.5) is 0 Å². The summed E-state index contributed by atoms with van der Waals surface area (Å²) in [6, 6.07) is 9.60. The third-order valence-electron chi connectivity index (χ3n) is 1.06. The molecule has 2 rings (SSSR count). The summed E-state index contributed by atoms with van der Waals surface area (Å²) < 4.78 is 0. The fourth-order valence-corrected chi connectivity index (χ4v) is 0.590. The van der Waals surface area contributed by atoms with E-state index in [9.17, 15) is 0 Å². The SMILES string of the molecule is [Ru].c1cc[nH]c1.c1ccncc1. The molecule has 2 heterocycles. The molecule has 12 heavy (non-hydrogen) atoms. The van der Waals surface area contributed by atoms with Crippen molar-refractivity contribution in [1.29, 1.82) is 0 Å². The van der Waals surface area contributed by atoms with Gasteiger partial charge in [-0.3, -0.25) is 4.98 Å². The number of hydrogen-bond acceptors (Lipinski definition) is 1. The summed E-state index contributed by atoms with van der Waals surface area (Å²) in [6.45, 7) is 0. The summed E-state index contributed by atoms with van der Waals surface area (Å²) in [5, 5.41) is 0. The van der Waals surface area contributed by atoms with Crippen LogP contribution in [0.1, 0.15) is 0 Å². The summed E-state index contributed by atoms with van der Waals surface area (Å²) in [6.07, 6.45) is 7.25. The van der Waals surface area contributed by atoms with Gasteiger partial charge in [0.25, 0.3) is 0 Å². The van der Waals surface area contributed by atoms with E-state index in [-0.39, 0.29) is 19.5 Å². The summed E-state index contributed by atoms with van der Waals surface area (Å²) in [7, 11) is 0. The molecule has 0 aliphatic heterocycles. The number of rotatable bonds is 0. The largest absolute Gasteiger partial charge is 0.368 e. The first-order valence-electron chi connectivity index (χ1n) is 3.43. The number of aromatic amines is 1. The maximum Gasteiger partial charge on any atom is 0.0267 e. The van der Waals surface area contributed by atoms with Gasteiger partial charge < -0.3 is 4.98 Å². The molecule has 0 spiro atoms. The first kappa shape index (κ1) is 11.1. The van der Waals surface area contributed by atoms with E-state index >= 15 is 0 Å². The van der Waals surface area contributed by atoms with Crippen molar-refractivity contribution in [3.63, 3.8) is 0 Å². The smallest absolute Gasteiger partial charge is 0.0267 e. The van der Waals surface area contributed by atoms with Crippen LogP contribution in [0.3, 0.4) is 0 Å². The maximum absolute atomic E-state index is 3.78. The van der Waals surface area contributed by atoms with Gasteiger partial charge >= 0.3 is 0 Å². The Labute approximate surface area is 84.8 Å². The number of hydrogen-bond donors (Lipinski definition) is 1. The minimum Gasteiger partial charge on any atom is -0.368 e. The molecule has 0 aromatic carbocycles. The van der Waals surface area contributed by atoms with Crippen molar-refractivity contribution in [2.24, 2.45) is 0 Å². The summed E-state index contributed by atoms with van der Waals surface area (Å²) >= 11 is 0. The van der Waals surface area contributed by atoms with E-state index in [4.69, 9.17) is 0 Å². The molecule has 0 saturated heterocycles. The zero-order valence-electron chi connectivity index (χ0n) is 6.50. The summed E-state index contributed by atoms with van der Waals surface area (Å²) in [5.74, 6) is 0. The van der Waals surface area contributed by atoms with Crippen molar-refractivity contribution in [2.75, 3.05) is 0 Å². The second kappa shape index (κ2) is 8.15. The molecule has 0 radical (unpaired) electrons. The minimum atomic E-state index is 0. The van der Waals surface area contributed by atoms with E-state index in [0.29, 0.717) is 0 Å². The second-order valence-electron chi connectivity index (χ2n) is 1.91. The van der Waals surface area contributed by atoms with Crippen molar-refractivity contribution < 1.29 is 19.5 Å². The second-order valence-corrected chi connectivity index (χ2v) is 1.91. The third kappa shape index (κ3) is 5.81.